The van der Waals surface area contributed by atoms with E-state index in [1.165, 1.54) is 6.21 Å². The van der Waals surface area contributed by atoms with Crippen LogP contribution in [-0.2, 0) is 4.79 Å². The van der Waals surface area contributed by atoms with E-state index >= 15 is 0 Å². The zero-order valence-electron chi connectivity index (χ0n) is 16.9. The minimum atomic E-state index is -1.32. The van der Waals surface area contributed by atoms with Gasteiger partial charge in [0, 0.05) is 0 Å². The predicted molar refractivity (Wildman–Crippen MR) is 116 cm³/mol. The van der Waals surface area contributed by atoms with Gasteiger partial charge in [-0.2, -0.15) is 5.10 Å². The van der Waals surface area contributed by atoms with Crippen LogP contribution in [0.4, 0.5) is 0 Å². The summed E-state index contributed by atoms with van der Waals surface area (Å²) in [7, 11) is 0. The third-order valence-electron chi connectivity index (χ3n) is 4.23. The summed E-state index contributed by atoms with van der Waals surface area (Å²) in [6.45, 7) is 2.19. The van der Waals surface area contributed by atoms with Crippen molar-refractivity contribution in [1.82, 2.24) is 5.43 Å². The molecule has 0 bridgehead atoms. The molecule has 0 radical (unpaired) electrons. The monoisotopic (exact) mass is 418 g/mol. The standard InChI is InChI=1S/C24H22N2O5/c1-2-30-21-15-17(13-14-20(21)31-24(29)19-11-7-4-8-12-19)16-25-26-23(28)22(27)18-9-5-3-6-10-18/h3-16,22,27H,2H2,1H3,(H,26,28)/b25-16-/t22-/m0/s1. The van der Waals surface area contributed by atoms with Crippen molar-refractivity contribution >= 4 is 18.1 Å². The first-order valence-electron chi connectivity index (χ1n) is 9.68. The van der Waals surface area contributed by atoms with Crippen molar-refractivity contribution in [3.63, 3.8) is 0 Å². The van der Waals surface area contributed by atoms with Gasteiger partial charge in [-0.25, -0.2) is 10.2 Å². The van der Waals surface area contributed by atoms with Gasteiger partial charge in [0.25, 0.3) is 5.91 Å². The van der Waals surface area contributed by atoms with E-state index in [1.807, 2.05) is 13.0 Å². The lowest BCUT2D eigenvalue weighted by Gasteiger charge is -2.11. The number of rotatable bonds is 8. The maximum Gasteiger partial charge on any atom is 0.343 e. The van der Waals surface area contributed by atoms with Gasteiger partial charge in [-0.15, -0.1) is 0 Å². The minimum absolute atomic E-state index is 0.274. The number of esters is 1. The third kappa shape index (κ3) is 6.01. The Kier molecular flexibility index (Phi) is 7.50. The highest BCUT2D eigenvalue weighted by Gasteiger charge is 2.16. The molecule has 0 aliphatic carbocycles. The summed E-state index contributed by atoms with van der Waals surface area (Å²) < 4.78 is 11.0. The van der Waals surface area contributed by atoms with Gasteiger partial charge in [-0.05, 0) is 48.4 Å². The van der Waals surface area contributed by atoms with Gasteiger partial charge < -0.3 is 14.6 Å². The molecule has 0 aliphatic rings. The first-order chi connectivity index (χ1) is 15.1. The molecule has 3 rings (SSSR count). The highest BCUT2D eigenvalue weighted by molar-refractivity contribution is 5.91. The highest BCUT2D eigenvalue weighted by Crippen LogP contribution is 2.29. The number of nitrogens with one attached hydrogen (secondary N) is 1. The number of hydrogen-bond acceptors (Lipinski definition) is 6. The number of aliphatic hydroxyl groups excluding tert-OH is 1. The molecular weight excluding hydrogens is 396 g/mol. The number of aliphatic hydroxyl groups is 1. The van der Waals surface area contributed by atoms with E-state index in [2.05, 4.69) is 10.5 Å². The van der Waals surface area contributed by atoms with Gasteiger partial charge in [-0.3, -0.25) is 4.79 Å². The Morgan fingerprint density at radius 3 is 2.35 bits per heavy atom. The molecule has 2 N–H and O–H groups in total. The summed E-state index contributed by atoms with van der Waals surface area (Å²) in [4.78, 5) is 24.4. The predicted octanol–water partition coefficient (Wildman–Crippen LogP) is 3.49. The van der Waals surface area contributed by atoms with Crippen LogP contribution in [0.5, 0.6) is 11.5 Å². The molecule has 0 fully saturated rings. The van der Waals surface area contributed by atoms with Gasteiger partial charge in [0.2, 0.25) is 0 Å². The normalized spacial score (nSPS) is 11.7. The summed E-state index contributed by atoms with van der Waals surface area (Å²) in [5.41, 5.74) is 3.81. The van der Waals surface area contributed by atoms with E-state index in [0.29, 0.717) is 29.0 Å². The van der Waals surface area contributed by atoms with E-state index in [-0.39, 0.29) is 5.75 Å². The molecule has 3 aromatic rings. The lowest BCUT2D eigenvalue weighted by Crippen LogP contribution is -2.25. The molecule has 0 saturated carbocycles. The molecule has 1 atom stereocenters. The van der Waals surface area contributed by atoms with E-state index in [4.69, 9.17) is 9.47 Å². The second kappa shape index (κ2) is 10.7. The van der Waals surface area contributed by atoms with Crippen molar-refractivity contribution in [2.24, 2.45) is 5.10 Å². The Labute approximate surface area is 179 Å². The molecular formula is C24H22N2O5. The van der Waals surface area contributed by atoms with Crippen LogP contribution < -0.4 is 14.9 Å². The molecule has 31 heavy (non-hydrogen) atoms. The van der Waals surface area contributed by atoms with Gasteiger partial charge in [0.1, 0.15) is 0 Å². The molecule has 0 aromatic heterocycles. The second-order valence-corrected chi connectivity index (χ2v) is 6.44. The van der Waals surface area contributed by atoms with Crippen LogP contribution in [0.25, 0.3) is 0 Å². The zero-order valence-corrected chi connectivity index (χ0v) is 16.9. The van der Waals surface area contributed by atoms with Crippen LogP contribution in [0.1, 0.15) is 34.5 Å². The minimum Gasteiger partial charge on any atom is -0.490 e. The zero-order chi connectivity index (χ0) is 22.1. The molecule has 0 heterocycles. The average molecular weight is 418 g/mol. The van der Waals surface area contributed by atoms with E-state index in [0.717, 1.165) is 0 Å². The Morgan fingerprint density at radius 1 is 1.00 bits per heavy atom. The Hall–Kier alpha value is -3.97. The van der Waals surface area contributed by atoms with E-state index in [9.17, 15) is 14.7 Å². The molecule has 0 aliphatic heterocycles. The molecule has 1 amide bonds. The number of carbonyl (C=O) groups is 2. The second-order valence-electron chi connectivity index (χ2n) is 6.44. The van der Waals surface area contributed by atoms with Crippen LogP contribution in [-0.4, -0.2) is 29.8 Å². The first-order valence-corrected chi connectivity index (χ1v) is 9.68. The van der Waals surface area contributed by atoms with Crippen LogP contribution in [0.15, 0.2) is 84.0 Å². The van der Waals surface area contributed by atoms with Crippen LogP contribution in [0.2, 0.25) is 0 Å². The fraction of sp³-hybridized carbons (Fsp3) is 0.125. The van der Waals surface area contributed by atoms with Gasteiger partial charge in [-0.1, -0.05) is 48.5 Å². The number of hydrazone groups is 1. The number of ether oxygens (including phenoxy) is 2. The number of hydrogen-bond donors (Lipinski definition) is 2. The van der Waals surface area contributed by atoms with Crippen molar-refractivity contribution in [2.75, 3.05) is 6.61 Å². The van der Waals surface area contributed by atoms with Crippen molar-refractivity contribution in [2.45, 2.75) is 13.0 Å². The molecule has 0 spiro atoms. The van der Waals surface area contributed by atoms with Crippen LogP contribution >= 0.6 is 0 Å². The fourth-order valence-electron chi connectivity index (χ4n) is 2.71. The molecule has 0 unspecified atom stereocenters. The smallest absolute Gasteiger partial charge is 0.343 e. The fourth-order valence-corrected chi connectivity index (χ4v) is 2.71. The van der Waals surface area contributed by atoms with Crippen LogP contribution in [0.3, 0.4) is 0 Å². The van der Waals surface area contributed by atoms with Gasteiger partial charge >= 0.3 is 5.97 Å². The lowest BCUT2D eigenvalue weighted by molar-refractivity contribution is -0.129. The molecule has 3 aromatic carbocycles. The maximum absolute atomic E-state index is 12.3. The van der Waals surface area contributed by atoms with Gasteiger partial charge in [0.05, 0.1) is 18.4 Å². The first kappa shape index (κ1) is 21.7. The summed E-state index contributed by atoms with van der Waals surface area (Å²) in [5.74, 6) is -0.506. The summed E-state index contributed by atoms with van der Waals surface area (Å²) in [6.07, 6.45) is 0.0816. The Morgan fingerprint density at radius 2 is 1.68 bits per heavy atom. The molecule has 0 saturated heterocycles. The average Bonchev–Trinajstić information content (AvgIpc) is 2.81. The molecule has 7 heteroatoms. The van der Waals surface area contributed by atoms with E-state index < -0.39 is 18.0 Å². The quantitative estimate of drug-likeness (QED) is 0.253. The molecule has 7 nitrogen and oxygen atoms in total. The van der Waals surface area contributed by atoms with E-state index in [1.54, 1.807) is 72.8 Å². The van der Waals surface area contributed by atoms with Crippen molar-refractivity contribution in [3.8, 4) is 11.5 Å². The summed E-state index contributed by atoms with van der Waals surface area (Å²) in [5, 5.41) is 13.9. The van der Waals surface area contributed by atoms with Crippen molar-refractivity contribution in [1.29, 1.82) is 0 Å². The summed E-state index contributed by atoms with van der Waals surface area (Å²) >= 11 is 0. The number of carbonyl (C=O) groups excluding carboxylic acids is 2. The third-order valence-corrected chi connectivity index (χ3v) is 4.23. The van der Waals surface area contributed by atoms with Crippen molar-refractivity contribution in [3.05, 3.63) is 95.6 Å². The Balaban J connectivity index is 1.67. The number of benzene rings is 3. The largest absolute Gasteiger partial charge is 0.490 e. The lowest BCUT2D eigenvalue weighted by atomic mass is 10.1. The maximum atomic E-state index is 12.3. The number of amides is 1. The SMILES string of the molecule is CCOc1cc(/C=N\NC(=O)[C@@H](O)c2ccccc2)ccc1OC(=O)c1ccccc1. The molecule has 158 valence electrons. The van der Waals surface area contributed by atoms with Gasteiger partial charge in [0.15, 0.2) is 17.6 Å². The Bertz CT molecular complexity index is 1050. The van der Waals surface area contributed by atoms with Crippen LogP contribution in [0, 0.1) is 0 Å². The highest BCUT2D eigenvalue weighted by atomic mass is 16.6. The topological polar surface area (TPSA) is 97.2 Å². The van der Waals surface area contributed by atoms with Crippen molar-refractivity contribution < 1.29 is 24.2 Å². The number of nitrogens with zero attached hydrogens (tertiary/aromatic N) is 1. The summed E-state index contributed by atoms with van der Waals surface area (Å²) in [6, 6.07) is 22.1.